The van der Waals surface area contributed by atoms with Crippen LogP contribution in [-0.2, 0) is 4.79 Å². The predicted molar refractivity (Wildman–Crippen MR) is 91.3 cm³/mol. The minimum atomic E-state index is -0.188. The van der Waals surface area contributed by atoms with Crippen LogP contribution < -0.4 is 0 Å². The molecule has 0 spiro atoms. The summed E-state index contributed by atoms with van der Waals surface area (Å²) in [7, 11) is 0. The summed E-state index contributed by atoms with van der Waals surface area (Å²) >= 11 is 3.30. The fourth-order valence-electron chi connectivity index (χ4n) is 3.61. The van der Waals surface area contributed by atoms with Gasteiger partial charge in [-0.15, -0.1) is 0 Å². The Balaban J connectivity index is 1.74. The van der Waals surface area contributed by atoms with Crippen LogP contribution in [0.3, 0.4) is 0 Å². The van der Waals surface area contributed by atoms with Gasteiger partial charge in [0.15, 0.2) is 0 Å². The van der Waals surface area contributed by atoms with E-state index in [2.05, 4.69) is 39.7 Å². The molecule has 2 unspecified atom stereocenters. The Bertz CT molecular complexity index is 682. The molecule has 3 saturated heterocycles. The molecule has 2 bridgehead atoms. The first-order valence-electron chi connectivity index (χ1n) is 7.80. The molecule has 2 atom stereocenters. The summed E-state index contributed by atoms with van der Waals surface area (Å²) in [4.78, 5) is 21.2. The number of halogens is 1. The standard InChI is InChI=1S/C17H19BrN4O/c1-11(2)22-14-7-15(22)10-21(9-14)17(23)12(8-19)6-13-4-3-5-16(18)20-13/h3-6,11,14-15H,7,9-10H2,1-2H3/b12-6+. The first kappa shape index (κ1) is 16.2. The number of piperidine rings is 1. The van der Waals surface area contributed by atoms with Crippen LogP contribution in [0.1, 0.15) is 26.0 Å². The third-order valence-corrected chi connectivity index (χ3v) is 4.95. The summed E-state index contributed by atoms with van der Waals surface area (Å²) in [6, 6.07) is 8.83. The number of piperazine rings is 1. The normalized spacial score (nSPS) is 24.3. The second-order valence-electron chi connectivity index (χ2n) is 6.35. The summed E-state index contributed by atoms with van der Waals surface area (Å²) in [5.41, 5.74) is 0.753. The van der Waals surface area contributed by atoms with Crippen LogP contribution in [0, 0.1) is 11.3 Å². The Kier molecular flexibility index (Phi) is 4.51. The molecule has 1 amide bonds. The average molecular weight is 375 g/mol. The number of aromatic nitrogens is 1. The molecule has 3 aliphatic rings. The van der Waals surface area contributed by atoms with E-state index in [1.54, 1.807) is 12.1 Å². The van der Waals surface area contributed by atoms with Gasteiger partial charge in [-0.25, -0.2) is 4.98 Å². The van der Waals surface area contributed by atoms with Crippen molar-refractivity contribution in [1.29, 1.82) is 5.26 Å². The largest absolute Gasteiger partial charge is 0.335 e. The number of carbonyl (C=O) groups excluding carboxylic acids is 1. The highest BCUT2D eigenvalue weighted by Gasteiger charge is 2.47. The lowest BCUT2D eigenvalue weighted by Gasteiger charge is -2.58. The van der Waals surface area contributed by atoms with E-state index in [9.17, 15) is 10.1 Å². The van der Waals surface area contributed by atoms with Crippen molar-refractivity contribution < 1.29 is 4.79 Å². The zero-order chi connectivity index (χ0) is 16.6. The lowest BCUT2D eigenvalue weighted by molar-refractivity contribution is -0.142. The summed E-state index contributed by atoms with van der Waals surface area (Å²) < 4.78 is 0.683. The van der Waals surface area contributed by atoms with Crippen LogP contribution in [0.25, 0.3) is 6.08 Å². The molecule has 0 saturated carbocycles. The third kappa shape index (κ3) is 3.17. The van der Waals surface area contributed by atoms with Gasteiger partial charge in [0, 0.05) is 31.2 Å². The van der Waals surface area contributed by atoms with Crippen molar-refractivity contribution in [2.24, 2.45) is 0 Å². The number of nitriles is 1. The first-order chi connectivity index (χ1) is 11.0. The van der Waals surface area contributed by atoms with Gasteiger partial charge in [0.2, 0.25) is 0 Å². The molecular weight excluding hydrogens is 356 g/mol. The highest BCUT2D eigenvalue weighted by atomic mass is 79.9. The minimum Gasteiger partial charge on any atom is -0.335 e. The van der Waals surface area contributed by atoms with Crippen LogP contribution >= 0.6 is 15.9 Å². The summed E-state index contributed by atoms with van der Waals surface area (Å²) in [6.07, 6.45) is 2.72. The molecule has 4 heterocycles. The van der Waals surface area contributed by atoms with Crippen LogP contribution in [0.2, 0.25) is 0 Å². The molecule has 0 N–H and O–H groups in total. The molecule has 120 valence electrons. The van der Waals surface area contributed by atoms with Crippen LogP contribution in [0.4, 0.5) is 0 Å². The van der Waals surface area contributed by atoms with Gasteiger partial charge in [-0.05, 0) is 54.4 Å². The fraction of sp³-hybridized carbons (Fsp3) is 0.471. The Morgan fingerprint density at radius 2 is 2.13 bits per heavy atom. The molecule has 0 aliphatic carbocycles. The van der Waals surface area contributed by atoms with Gasteiger partial charge in [0.1, 0.15) is 16.2 Å². The topological polar surface area (TPSA) is 60.2 Å². The monoisotopic (exact) mass is 374 g/mol. The van der Waals surface area contributed by atoms with E-state index in [1.807, 2.05) is 23.1 Å². The number of hydrogen-bond acceptors (Lipinski definition) is 4. The third-order valence-electron chi connectivity index (χ3n) is 4.51. The first-order valence-corrected chi connectivity index (χ1v) is 8.60. The van der Waals surface area contributed by atoms with Crippen molar-refractivity contribution >= 4 is 27.9 Å². The lowest BCUT2D eigenvalue weighted by atomic mass is 9.85. The highest BCUT2D eigenvalue weighted by Crippen LogP contribution is 2.34. The number of rotatable bonds is 3. The molecule has 3 fully saturated rings. The predicted octanol–water partition coefficient (Wildman–Crippen LogP) is 2.44. The second kappa shape index (κ2) is 6.42. The van der Waals surface area contributed by atoms with Gasteiger partial charge in [0.25, 0.3) is 5.91 Å². The van der Waals surface area contributed by atoms with Gasteiger partial charge in [0.05, 0.1) is 5.69 Å². The smallest absolute Gasteiger partial charge is 0.264 e. The van der Waals surface area contributed by atoms with E-state index in [0.29, 0.717) is 41.5 Å². The van der Waals surface area contributed by atoms with Gasteiger partial charge >= 0.3 is 0 Å². The molecular formula is C17H19BrN4O. The maximum atomic E-state index is 12.6. The summed E-state index contributed by atoms with van der Waals surface area (Å²) in [5.74, 6) is -0.188. The van der Waals surface area contributed by atoms with E-state index in [4.69, 9.17) is 0 Å². The zero-order valence-corrected chi connectivity index (χ0v) is 14.8. The van der Waals surface area contributed by atoms with Crippen LogP contribution in [-0.4, -0.2) is 51.9 Å². The molecule has 3 aliphatic heterocycles. The van der Waals surface area contributed by atoms with E-state index in [-0.39, 0.29) is 11.5 Å². The maximum absolute atomic E-state index is 12.6. The number of nitrogens with zero attached hydrogens (tertiary/aromatic N) is 4. The molecule has 1 aromatic heterocycles. The van der Waals surface area contributed by atoms with Crippen LogP contribution in [0.5, 0.6) is 0 Å². The molecule has 0 aromatic carbocycles. The van der Waals surface area contributed by atoms with Crippen molar-refractivity contribution in [3.63, 3.8) is 0 Å². The van der Waals surface area contributed by atoms with E-state index >= 15 is 0 Å². The van der Waals surface area contributed by atoms with Gasteiger partial charge in [-0.2, -0.15) is 5.26 Å². The quantitative estimate of drug-likeness (QED) is 0.463. The number of fused-ring (bicyclic) bond motifs is 2. The van der Waals surface area contributed by atoms with Crippen molar-refractivity contribution in [3.05, 3.63) is 34.1 Å². The Labute approximate surface area is 144 Å². The van der Waals surface area contributed by atoms with Crippen molar-refractivity contribution in [3.8, 4) is 6.07 Å². The van der Waals surface area contributed by atoms with E-state index < -0.39 is 0 Å². The summed E-state index contributed by atoms with van der Waals surface area (Å²) in [5, 5.41) is 9.36. The fourth-order valence-corrected chi connectivity index (χ4v) is 3.97. The summed E-state index contributed by atoms with van der Waals surface area (Å²) in [6.45, 7) is 5.79. The molecule has 5 nitrogen and oxygen atoms in total. The van der Waals surface area contributed by atoms with Crippen molar-refractivity contribution in [2.45, 2.75) is 38.4 Å². The molecule has 0 radical (unpaired) electrons. The van der Waals surface area contributed by atoms with E-state index in [0.717, 1.165) is 6.42 Å². The Hall–Kier alpha value is -1.71. The second-order valence-corrected chi connectivity index (χ2v) is 7.16. The molecule has 23 heavy (non-hydrogen) atoms. The van der Waals surface area contributed by atoms with Crippen molar-refractivity contribution in [1.82, 2.24) is 14.8 Å². The number of pyridine rings is 1. The van der Waals surface area contributed by atoms with E-state index in [1.165, 1.54) is 0 Å². The maximum Gasteiger partial charge on any atom is 0.264 e. The molecule has 6 heteroatoms. The average Bonchev–Trinajstić information content (AvgIpc) is 2.51. The molecule has 1 aromatic rings. The van der Waals surface area contributed by atoms with Crippen LogP contribution in [0.15, 0.2) is 28.4 Å². The molecule has 4 rings (SSSR count). The van der Waals surface area contributed by atoms with Crippen molar-refractivity contribution in [2.75, 3.05) is 13.1 Å². The number of hydrogen-bond donors (Lipinski definition) is 0. The van der Waals surface area contributed by atoms with Gasteiger partial charge in [-0.3, -0.25) is 9.69 Å². The lowest BCUT2D eigenvalue weighted by Crippen LogP contribution is -2.71. The minimum absolute atomic E-state index is 0.146. The SMILES string of the molecule is CC(C)N1C2CC1CN(C(=O)/C(C#N)=C/c1cccc(Br)n1)C2. The number of amides is 1. The number of carbonyl (C=O) groups is 1. The Morgan fingerprint density at radius 3 is 2.70 bits per heavy atom. The zero-order valence-electron chi connectivity index (χ0n) is 13.2. The Morgan fingerprint density at radius 1 is 1.43 bits per heavy atom. The highest BCUT2D eigenvalue weighted by molar-refractivity contribution is 9.10. The van der Waals surface area contributed by atoms with Gasteiger partial charge in [-0.1, -0.05) is 6.07 Å². The van der Waals surface area contributed by atoms with Gasteiger partial charge < -0.3 is 4.90 Å².